The molecule has 0 saturated heterocycles. The van der Waals surface area contributed by atoms with Gasteiger partial charge < -0.3 is 14.2 Å². The van der Waals surface area contributed by atoms with Gasteiger partial charge in [0.1, 0.15) is 13.2 Å². The van der Waals surface area contributed by atoms with Crippen molar-refractivity contribution >= 4 is 17.9 Å². The van der Waals surface area contributed by atoms with Crippen molar-refractivity contribution in [2.24, 2.45) is 0 Å². The van der Waals surface area contributed by atoms with Gasteiger partial charge in [-0.05, 0) is 89.9 Å². The summed E-state index contributed by atoms with van der Waals surface area (Å²) in [6, 6.07) is 0. The molecule has 6 nitrogen and oxygen atoms in total. The van der Waals surface area contributed by atoms with Crippen molar-refractivity contribution in [3.05, 3.63) is 72.9 Å². The molecule has 0 N–H and O–H groups in total. The maximum absolute atomic E-state index is 12.8. The van der Waals surface area contributed by atoms with Gasteiger partial charge in [0.15, 0.2) is 6.10 Å². The summed E-state index contributed by atoms with van der Waals surface area (Å²) < 4.78 is 16.7. The molecule has 0 aliphatic rings. The van der Waals surface area contributed by atoms with E-state index >= 15 is 0 Å². The van der Waals surface area contributed by atoms with E-state index in [1.807, 2.05) is 0 Å². The predicted molar refractivity (Wildman–Crippen MR) is 288 cm³/mol. The van der Waals surface area contributed by atoms with Crippen LogP contribution in [0.15, 0.2) is 72.9 Å². The zero-order valence-electron chi connectivity index (χ0n) is 44.2. The van der Waals surface area contributed by atoms with Crippen LogP contribution in [0.3, 0.4) is 0 Å². The third-order valence-electron chi connectivity index (χ3n) is 12.2. The number of rotatable bonds is 51. The van der Waals surface area contributed by atoms with Gasteiger partial charge in [-0.3, -0.25) is 14.4 Å². The van der Waals surface area contributed by atoms with Gasteiger partial charge >= 0.3 is 17.9 Å². The quantitative estimate of drug-likeness (QED) is 0.0262. The van der Waals surface area contributed by atoms with Crippen molar-refractivity contribution in [3.8, 4) is 0 Å². The molecule has 0 heterocycles. The second-order valence-electron chi connectivity index (χ2n) is 18.8. The molecular formula is C61H106O6. The van der Waals surface area contributed by atoms with Crippen molar-refractivity contribution < 1.29 is 28.6 Å². The van der Waals surface area contributed by atoms with Gasteiger partial charge in [0.25, 0.3) is 0 Å². The van der Waals surface area contributed by atoms with Gasteiger partial charge in [-0.2, -0.15) is 0 Å². The SMILES string of the molecule is CC/C=C\C/C=C\C/C=C\C/C=C\CCCCCCCCCCC(=O)OC(COC(=O)CCCCCCC)COC(=O)CCCCCCCCCCCCC/C=C\C/C=C\CCCCCCC. The number of unbranched alkanes of at least 4 members (excludes halogenated alkanes) is 28. The fourth-order valence-electron chi connectivity index (χ4n) is 7.93. The molecule has 0 aliphatic heterocycles. The molecule has 0 bridgehead atoms. The summed E-state index contributed by atoms with van der Waals surface area (Å²) in [7, 11) is 0. The summed E-state index contributed by atoms with van der Waals surface area (Å²) >= 11 is 0. The van der Waals surface area contributed by atoms with E-state index in [9.17, 15) is 14.4 Å². The minimum Gasteiger partial charge on any atom is -0.462 e. The van der Waals surface area contributed by atoms with E-state index in [4.69, 9.17) is 14.2 Å². The normalized spacial score (nSPS) is 12.6. The average Bonchev–Trinajstić information content (AvgIpc) is 3.33. The lowest BCUT2D eigenvalue weighted by Crippen LogP contribution is -2.30. The highest BCUT2D eigenvalue weighted by molar-refractivity contribution is 5.71. The smallest absolute Gasteiger partial charge is 0.306 e. The predicted octanol–water partition coefficient (Wildman–Crippen LogP) is 19.0. The first-order valence-electron chi connectivity index (χ1n) is 28.4. The van der Waals surface area contributed by atoms with Gasteiger partial charge in [-0.25, -0.2) is 0 Å². The van der Waals surface area contributed by atoms with Crippen molar-refractivity contribution in [2.45, 2.75) is 284 Å². The summed E-state index contributed by atoms with van der Waals surface area (Å²) in [5.74, 6) is -0.897. The van der Waals surface area contributed by atoms with E-state index in [2.05, 4.69) is 93.7 Å². The highest BCUT2D eigenvalue weighted by Crippen LogP contribution is 2.15. The topological polar surface area (TPSA) is 78.9 Å². The molecule has 0 aliphatic carbocycles. The van der Waals surface area contributed by atoms with Crippen molar-refractivity contribution in [3.63, 3.8) is 0 Å². The minimum absolute atomic E-state index is 0.0791. The molecule has 386 valence electrons. The van der Waals surface area contributed by atoms with Gasteiger partial charge in [-0.15, -0.1) is 0 Å². The highest BCUT2D eigenvalue weighted by atomic mass is 16.6. The van der Waals surface area contributed by atoms with Gasteiger partial charge in [-0.1, -0.05) is 241 Å². The maximum atomic E-state index is 12.8. The number of carbonyl (C=O) groups excluding carboxylic acids is 3. The molecule has 0 radical (unpaired) electrons. The molecule has 0 spiro atoms. The lowest BCUT2D eigenvalue weighted by atomic mass is 10.0. The van der Waals surface area contributed by atoms with E-state index < -0.39 is 6.10 Å². The number of esters is 3. The van der Waals surface area contributed by atoms with E-state index in [1.54, 1.807) is 0 Å². The molecule has 67 heavy (non-hydrogen) atoms. The Morgan fingerprint density at radius 1 is 0.313 bits per heavy atom. The Balaban J connectivity index is 4.11. The zero-order chi connectivity index (χ0) is 48.6. The molecule has 0 fully saturated rings. The average molecular weight is 936 g/mol. The summed E-state index contributed by atoms with van der Waals surface area (Å²) in [5, 5.41) is 0. The Hall–Kier alpha value is -3.15. The Morgan fingerprint density at radius 2 is 0.582 bits per heavy atom. The van der Waals surface area contributed by atoms with Crippen LogP contribution in [0.1, 0.15) is 278 Å². The fourth-order valence-corrected chi connectivity index (χ4v) is 7.93. The molecule has 0 amide bonds. The monoisotopic (exact) mass is 935 g/mol. The van der Waals surface area contributed by atoms with Gasteiger partial charge in [0, 0.05) is 19.3 Å². The van der Waals surface area contributed by atoms with Crippen LogP contribution in [0, 0.1) is 0 Å². The van der Waals surface area contributed by atoms with E-state index in [-0.39, 0.29) is 31.1 Å². The first kappa shape index (κ1) is 63.8. The highest BCUT2D eigenvalue weighted by Gasteiger charge is 2.19. The second kappa shape index (κ2) is 55.4. The Labute approximate surface area is 414 Å². The fraction of sp³-hybridized carbons (Fsp3) is 0.754. The second-order valence-corrected chi connectivity index (χ2v) is 18.8. The van der Waals surface area contributed by atoms with Gasteiger partial charge in [0.2, 0.25) is 0 Å². The third-order valence-corrected chi connectivity index (χ3v) is 12.2. The molecular weight excluding hydrogens is 829 g/mol. The molecule has 0 saturated carbocycles. The van der Waals surface area contributed by atoms with Crippen LogP contribution < -0.4 is 0 Å². The summed E-state index contributed by atoms with van der Waals surface area (Å²) in [5.41, 5.74) is 0. The molecule has 1 atom stereocenters. The minimum atomic E-state index is -0.777. The number of hydrogen-bond donors (Lipinski definition) is 0. The van der Waals surface area contributed by atoms with Crippen LogP contribution in [0.4, 0.5) is 0 Å². The Kier molecular flexibility index (Phi) is 52.8. The zero-order valence-corrected chi connectivity index (χ0v) is 44.2. The number of hydrogen-bond acceptors (Lipinski definition) is 6. The summed E-state index contributed by atoms with van der Waals surface area (Å²) in [4.78, 5) is 37.8. The van der Waals surface area contributed by atoms with Crippen LogP contribution in [0.5, 0.6) is 0 Å². The van der Waals surface area contributed by atoms with E-state index in [1.165, 1.54) is 135 Å². The number of carbonyl (C=O) groups is 3. The first-order valence-corrected chi connectivity index (χ1v) is 28.4. The molecule has 0 aromatic rings. The third kappa shape index (κ3) is 53.7. The van der Waals surface area contributed by atoms with Crippen molar-refractivity contribution in [2.75, 3.05) is 13.2 Å². The van der Waals surface area contributed by atoms with Crippen LogP contribution >= 0.6 is 0 Å². The van der Waals surface area contributed by atoms with Crippen LogP contribution in [0.2, 0.25) is 0 Å². The lowest BCUT2D eigenvalue weighted by Gasteiger charge is -2.18. The Bertz CT molecular complexity index is 1260. The van der Waals surface area contributed by atoms with Crippen LogP contribution in [0.25, 0.3) is 0 Å². The molecule has 0 aromatic carbocycles. The van der Waals surface area contributed by atoms with Crippen molar-refractivity contribution in [1.29, 1.82) is 0 Å². The molecule has 1 unspecified atom stereocenters. The van der Waals surface area contributed by atoms with Crippen LogP contribution in [-0.4, -0.2) is 37.2 Å². The molecule has 0 rings (SSSR count). The maximum Gasteiger partial charge on any atom is 0.306 e. The van der Waals surface area contributed by atoms with Crippen molar-refractivity contribution in [1.82, 2.24) is 0 Å². The van der Waals surface area contributed by atoms with Crippen LogP contribution in [-0.2, 0) is 28.6 Å². The van der Waals surface area contributed by atoms with E-state index in [0.717, 1.165) is 103 Å². The first-order chi connectivity index (χ1) is 33.0. The molecule has 0 aromatic heterocycles. The molecule has 6 heteroatoms. The summed E-state index contributed by atoms with van der Waals surface area (Å²) in [6.45, 7) is 6.44. The van der Waals surface area contributed by atoms with Gasteiger partial charge in [0.05, 0.1) is 0 Å². The standard InChI is InChI=1S/C61H106O6/c1-4-7-10-13-15-17-19-21-23-25-27-29-30-32-33-35-37-39-41-43-45-48-51-54-60(63)66-57-58(56-65-59(62)53-50-47-12-9-6-3)67-61(64)55-52-49-46-44-42-40-38-36-34-31-28-26-24-22-20-18-16-14-11-8-5-2/h8,11,16,18-19,21-22,24-25,27-28,31,58H,4-7,9-10,12-15,17,20,23,26,29-30,32-57H2,1-3H3/b11-8-,18-16-,21-19-,24-22-,27-25-,31-28-. The number of allylic oxidation sites excluding steroid dienone is 12. The summed E-state index contributed by atoms with van der Waals surface area (Å²) in [6.07, 6.45) is 70.8. The lowest BCUT2D eigenvalue weighted by molar-refractivity contribution is -0.167. The number of ether oxygens (including phenoxy) is 3. The Morgan fingerprint density at radius 3 is 0.910 bits per heavy atom. The van der Waals surface area contributed by atoms with E-state index in [0.29, 0.717) is 19.3 Å². The largest absolute Gasteiger partial charge is 0.462 e.